The molecule has 1 unspecified atom stereocenters. The fourth-order valence-electron chi connectivity index (χ4n) is 2.27. The molecule has 2 N–H and O–H groups in total. The van der Waals surface area contributed by atoms with Gasteiger partial charge in [0.05, 0.1) is 12.2 Å². The number of para-hydroxylation sites is 1. The van der Waals surface area contributed by atoms with Crippen LogP contribution in [0.15, 0.2) is 36.9 Å². The Balaban J connectivity index is 2.84. The van der Waals surface area contributed by atoms with Crippen LogP contribution in [0.4, 0.5) is 0 Å². The lowest BCUT2D eigenvalue weighted by atomic mass is 10.0. The first kappa shape index (κ1) is 22.2. The van der Waals surface area contributed by atoms with Crippen molar-refractivity contribution in [3.8, 4) is 5.75 Å². The van der Waals surface area contributed by atoms with Gasteiger partial charge in [-0.05, 0) is 31.9 Å². The minimum Gasteiger partial charge on any atom is -0.493 e. The second-order valence-electron chi connectivity index (χ2n) is 6.24. The van der Waals surface area contributed by atoms with Crippen molar-refractivity contribution in [2.75, 3.05) is 13.2 Å². The molecule has 1 aromatic carbocycles. The van der Waals surface area contributed by atoms with Gasteiger partial charge in [0.25, 0.3) is 11.8 Å². The Kier molecular flexibility index (Phi) is 9.05. The summed E-state index contributed by atoms with van der Waals surface area (Å²) >= 11 is 0. The number of rotatable bonds is 10. The molecule has 0 aliphatic carbocycles. The maximum Gasteiger partial charge on any atom is 0.329 e. The van der Waals surface area contributed by atoms with Gasteiger partial charge in [-0.15, -0.1) is 6.58 Å². The smallest absolute Gasteiger partial charge is 0.329 e. The van der Waals surface area contributed by atoms with Gasteiger partial charge in [-0.1, -0.05) is 32.1 Å². The summed E-state index contributed by atoms with van der Waals surface area (Å²) in [4.78, 5) is 37.0. The summed E-state index contributed by atoms with van der Waals surface area (Å²) in [5.41, 5.74) is 0.328. The van der Waals surface area contributed by atoms with Crippen LogP contribution in [0.3, 0.4) is 0 Å². The molecule has 0 aliphatic heterocycles. The first-order valence-electron chi connectivity index (χ1n) is 8.93. The standard InChI is InChI=1S/C20H28N2O5/c1-6-12-21-18(23)14(5)27-20(25)17(13(3)4)22-19(24)15-10-8-9-11-16(15)26-7-2/h6,8-11,13-14,17H,1,7,12H2,2-5H3,(H,21,23)(H,22,24)/t14?,17-/m0/s1. The third-order valence-electron chi connectivity index (χ3n) is 3.72. The molecule has 2 amide bonds. The molecule has 0 aliphatic rings. The molecule has 0 radical (unpaired) electrons. The van der Waals surface area contributed by atoms with Gasteiger partial charge in [-0.2, -0.15) is 0 Å². The zero-order chi connectivity index (χ0) is 20.4. The molecule has 0 aromatic heterocycles. The average Bonchev–Trinajstić information content (AvgIpc) is 2.64. The van der Waals surface area contributed by atoms with E-state index in [9.17, 15) is 14.4 Å². The fourth-order valence-corrected chi connectivity index (χ4v) is 2.27. The minimum absolute atomic E-state index is 0.232. The highest BCUT2D eigenvalue weighted by molar-refractivity contribution is 5.99. The van der Waals surface area contributed by atoms with Crippen LogP contribution in [0.1, 0.15) is 38.1 Å². The van der Waals surface area contributed by atoms with E-state index in [1.54, 1.807) is 38.1 Å². The lowest BCUT2D eigenvalue weighted by molar-refractivity contribution is -0.157. The molecular formula is C20H28N2O5. The van der Waals surface area contributed by atoms with Gasteiger partial charge in [0.1, 0.15) is 11.8 Å². The number of carbonyl (C=O) groups excluding carboxylic acids is 3. The summed E-state index contributed by atoms with van der Waals surface area (Å²) in [5.74, 6) is -1.35. The Morgan fingerprint density at radius 1 is 1.19 bits per heavy atom. The maximum atomic E-state index is 12.6. The highest BCUT2D eigenvalue weighted by atomic mass is 16.5. The van der Waals surface area contributed by atoms with Gasteiger partial charge in [0.15, 0.2) is 6.10 Å². The van der Waals surface area contributed by atoms with Gasteiger partial charge in [0, 0.05) is 6.54 Å². The first-order chi connectivity index (χ1) is 12.8. The predicted molar refractivity (Wildman–Crippen MR) is 102 cm³/mol. The van der Waals surface area contributed by atoms with Crippen LogP contribution in [0.25, 0.3) is 0 Å². The molecule has 1 aromatic rings. The number of amides is 2. The second kappa shape index (κ2) is 11.0. The van der Waals surface area contributed by atoms with Crippen LogP contribution in [0.2, 0.25) is 0 Å². The summed E-state index contributed by atoms with van der Waals surface area (Å²) in [6, 6.07) is 5.88. The molecule has 2 atom stereocenters. The Hall–Kier alpha value is -2.83. The van der Waals surface area contributed by atoms with Crippen molar-refractivity contribution in [3.63, 3.8) is 0 Å². The summed E-state index contributed by atoms with van der Waals surface area (Å²) in [7, 11) is 0. The third kappa shape index (κ3) is 6.77. The number of nitrogens with one attached hydrogen (secondary N) is 2. The number of ether oxygens (including phenoxy) is 2. The average molecular weight is 376 g/mol. The van der Waals surface area contributed by atoms with Crippen molar-refractivity contribution < 1.29 is 23.9 Å². The molecule has 7 heteroatoms. The quantitative estimate of drug-likeness (QED) is 0.482. The zero-order valence-corrected chi connectivity index (χ0v) is 16.3. The molecule has 7 nitrogen and oxygen atoms in total. The van der Waals surface area contributed by atoms with Crippen molar-refractivity contribution in [1.29, 1.82) is 0 Å². The largest absolute Gasteiger partial charge is 0.493 e. The molecule has 0 spiro atoms. The molecule has 0 bridgehead atoms. The van der Waals surface area contributed by atoms with Crippen LogP contribution in [-0.4, -0.2) is 43.1 Å². The molecule has 1 rings (SSSR count). The van der Waals surface area contributed by atoms with E-state index >= 15 is 0 Å². The summed E-state index contributed by atoms with van der Waals surface area (Å²) < 4.78 is 10.7. The lowest BCUT2D eigenvalue weighted by Crippen LogP contribution is -2.47. The Morgan fingerprint density at radius 3 is 2.44 bits per heavy atom. The summed E-state index contributed by atoms with van der Waals surface area (Å²) in [5, 5.41) is 5.23. The van der Waals surface area contributed by atoms with Crippen LogP contribution >= 0.6 is 0 Å². The minimum atomic E-state index is -0.980. The van der Waals surface area contributed by atoms with E-state index in [1.807, 2.05) is 6.92 Å². The van der Waals surface area contributed by atoms with E-state index in [1.165, 1.54) is 13.0 Å². The predicted octanol–water partition coefficient (Wildman–Crippen LogP) is 2.07. The van der Waals surface area contributed by atoms with Crippen LogP contribution in [0.5, 0.6) is 5.75 Å². The van der Waals surface area contributed by atoms with E-state index in [0.29, 0.717) is 17.9 Å². The molecule has 0 saturated heterocycles. The highest BCUT2D eigenvalue weighted by Gasteiger charge is 2.29. The van der Waals surface area contributed by atoms with E-state index < -0.39 is 29.9 Å². The Morgan fingerprint density at radius 2 is 1.85 bits per heavy atom. The fraction of sp³-hybridized carbons (Fsp3) is 0.450. The molecule has 148 valence electrons. The van der Waals surface area contributed by atoms with Crippen molar-refractivity contribution in [2.24, 2.45) is 5.92 Å². The van der Waals surface area contributed by atoms with Crippen LogP contribution in [0, 0.1) is 5.92 Å². The third-order valence-corrected chi connectivity index (χ3v) is 3.72. The lowest BCUT2D eigenvalue weighted by Gasteiger charge is -2.23. The van der Waals surface area contributed by atoms with Gasteiger partial charge < -0.3 is 20.1 Å². The second-order valence-corrected chi connectivity index (χ2v) is 6.24. The Labute approximate surface area is 160 Å². The van der Waals surface area contributed by atoms with E-state index in [2.05, 4.69) is 17.2 Å². The van der Waals surface area contributed by atoms with Gasteiger partial charge in [-0.3, -0.25) is 9.59 Å². The first-order valence-corrected chi connectivity index (χ1v) is 8.93. The van der Waals surface area contributed by atoms with Crippen molar-refractivity contribution >= 4 is 17.8 Å². The number of carbonyl (C=O) groups is 3. The molecule has 0 heterocycles. The summed E-state index contributed by atoms with van der Waals surface area (Å²) in [6.07, 6.45) is 0.547. The zero-order valence-electron chi connectivity index (χ0n) is 16.3. The normalized spacial score (nSPS) is 12.6. The van der Waals surface area contributed by atoms with Crippen molar-refractivity contribution in [2.45, 2.75) is 39.8 Å². The topological polar surface area (TPSA) is 93.7 Å². The van der Waals surface area contributed by atoms with E-state index in [0.717, 1.165) is 0 Å². The number of benzene rings is 1. The van der Waals surface area contributed by atoms with E-state index in [-0.39, 0.29) is 12.5 Å². The van der Waals surface area contributed by atoms with Crippen molar-refractivity contribution in [1.82, 2.24) is 10.6 Å². The molecule has 0 saturated carbocycles. The van der Waals surface area contributed by atoms with Crippen LogP contribution in [-0.2, 0) is 14.3 Å². The Bertz CT molecular complexity index is 672. The maximum absolute atomic E-state index is 12.6. The number of esters is 1. The van der Waals surface area contributed by atoms with Gasteiger partial charge in [-0.25, -0.2) is 4.79 Å². The molecule has 27 heavy (non-hydrogen) atoms. The number of hydrogen-bond acceptors (Lipinski definition) is 5. The number of hydrogen-bond donors (Lipinski definition) is 2. The molecule has 0 fully saturated rings. The van der Waals surface area contributed by atoms with Crippen molar-refractivity contribution in [3.05, 3.63) is 42.5 Å². The summed E-state index contributed by atoms with van der Waals surface area (Å²) in [6.45, 7) is 11.1. The van der Waals surface area contributed by atoms with Crippen LogP contribution < -0.4 is 15.4 Å². The monoisotopic (exact) mass is 376 g/mol. The SMILES string of the molecule is C=CCNC(=O)C(C)OC(=O)[C@@H](NC(=O)c1ccccc1OCC)C(C)C. The highest BCUT2D eigenvalue weighted by Crippen LogP contribution is 2.18. The van der Waals surface area contributed by atoms with E-state index in [4.69, 9.17) is 9.47 Å². The van der Waals surface area contributed by atoms with Gasteiger partial charge in [0.2, 0.25) is 0 Å². The molecular weight excluding hydrogens is 348 g/mol. The van der Waals surface area contributed by atoms with Gasteiger partial charge >= 0.3 is 5.97 Å².